The van der Waals surface area contributed by atoms with Crippen LogP contribution in [-0.4, -0.2) is 55.0 Å². The van der Waals surface area contributed by atoms with Crippen molar-refractivity contribution >= 4 is 5.91 Å². The summed E-state index contributed by atoms with van der Waals surface area (Å²) in [5.41, 5.74) is 4.53. The Labute approximate surface area is 162 Å². The van der Waals surface area contributed by atoms with Crippen molar-refractivity contribution in [1.82, 2.24) is 15.1 Å². The molecule has 2 aromatic rings. The van der Waals surface area contributed by atoms with Crippen LogP contribution in [0, 0.1) is 0 Å². The predicted molar refractivity (Wildman–Crippen MR) is 110 cm³/mol. The van der Waals surface area contributed by atoms with Crippen LogP contribution in [0.4, 0.5) is 0 Å². The van der Waals surface area contributed by atoms with Gasteiger partial charge in [0.2, 0.25) is 0 Å². The molecule has 27 heavy (non-hydrogen) atoms. The first-order valence-corrected chi connectivity index (χ1v) is 10.2. The Morgan fingerprint density at radius 2 is 1.37 bits per heavy atom. The van der Waals surface area contributed by atoms with E-state index >= 15 is 0 Å². The third kappa shape index (κ3) is 4.57. The number of carbonyl (C=O) groups is 1. The van der Waals surface area contributed by atoms with Crippen LogP contribution in [0.1, 0.15) is 35.2 Å². The number of nitrogens with one attached hydrogen (secondary N) is 1. The SMILES string of the molecule is O=C(c1ccc(-c2ccc(CN3CCCCC3)cc2)cc1)N1CCNCC1. The van der Waals surface area contributed by atoms with Gasteiger partial charge in [0.05, 0.1) is 0 Å². The highest BCUT2D eigenvalue weighted by Gasteiger charge is 2.17. The highest BCUT2D eigenvalue weighted by Crippen LogP contribution is 2.22. The van der Waals surface area contributed by atoms with Crippen LogP contribution in [-0.2, 0) is 6.54 Å². The molecule has 2 heterocycles. The van der Waals surface area contributed by atoms with Gasteiger partial charge in [-0.25, -0.2) is 0 Å². The maximum atomic E-state index is 12.6. The van der Waals surface area contributed by atoms with Gasteiger partial charge >= 0.3 is 0 Å². The van der Waals surface area contributed by atoms with Crippen LogP contribution in [0.2, 0.25) is 0 Å². The van der Waals surface area contributed by atoms with Gasteiger partial charge in [-0.05, 0) is 54.8 Å². The zero-order valence-corrected chi connectivity index (χ0v) is 16.0. The lowest BCUT2D eigenvalue weighted by atomic mass is 10.0. The van der Waals surface area contributed by atoms with E-state index in [4.69, 9.17) is 0 Å². The molecular formula is C23H29N3O. The summed E-state index contributed by atoms with van der Waals surface area (Å²) in [6.07, 6.45) is 4.04. The van der Waals surface area contributed by atoms with Gasteiger partial charge in [0.25, 0.3) is 5.91 Å². The molecule has 0 spiro atoms. The van der Waals surface area contributed by atoms with Crippen molar-refractivity contribution in [2.75, 3.05) is 39.3 Å². The normalized spacial score (nSPS) is 18.4. The fraction of sp³-hybridized carbons (Fsp3) is 0.435. The summed E-state index contributed by atoms with van der Waals surface area (Å²) in [5.74, 6) is 0.139. The van der Waals surface area contributed by atoms with Crippen molar-refractivity contribution in [1.29, 1.82) is 0 Å². The summed E-state index contributed by atoms with van der Waals surface area (Å²) in [5, 5.41) is 3.28. The molecule has 1 N–H and O–H groups in total. The molecule has 2 fully saturated rings. The Hall–Kier alpha value is -2.17. The number of amides is 1. The van der Waals surface area contributed by atoms with Crippen molar-refractivity contribution in [2.45, 2.75) is 25.8 Å². The summed E-state index contributed by atoms with van der Waals surface area (Å²) >= 11 is 0. The number of hydrogen-bond donors (Lipinski definition) is 1. The van der Waals surface area contributed by atoms with Gasteiger partial charge in [0, 0.05) is 38.3 Å². The zero-order valence-electron chi connectivity index (χ0n) is 16.0. The van der Waals surface area contributed by atoms with E-state index in [9.17, 15) is 4.79 Å². The summed E-state index contributed by atoms with van der Waals surface area (Å²) in [6.45, 7) is 6.85. The molecule has 4 rings (SSSR count). The molecule has 0 aromatic heterocycles. The van der Waals surface area contributed by atoms with E-state index < -0.39 is 0 Å². The number of likely N-dealkylation sites (tertiary alicyclic amines) is 1. The highest BCUT2D eigenvalue weighted by atomic mass is 16.2. The van der Waals surface area contributed by atoms with Gasteiger partial charge in [-0.3, -0.25) is 9.69 Å². The standard InChI is InChI=1S/C23H29N3O/c27-23(26-16-12-24-13-17-26)22-10-8-21(9-11-22)20-6-4-19(5-7-20)18-25-14-2-1-3-15-25/h4-11,24H,1-3,12-18H2. The Morgan fingerprint density at radius 3 is 2.00 bits per heavy atom. The van der Waals surface area contributed by atoms with Crippen molar-refractivity contribution in [2.24, 2.45) is 0 Å². The van der Waals surface area contributed by atoms with Crippen LogP contribution >= 0.6 is 0 Å². The Kier molecular flexibility index (Phi) is 5.85. The fourth-order valence-electron chi connectivity index (χ4n) is 4.03. The van der Waals surface area contributed by atoms with Crippen molar-refractivity contribution in [3.63, 3.8) is 0 Å². The minimum absolute atomic E-state index is 0.139. The number of carbonyl (C=O) groups excluding carboxylic acids is 1. The van der Waals surface area contributed by atoms with E-state index in [0.717, 1.165) is 43.9 Å². The quantitative estimate of drug-likeness (QED) is 0.904. The second-order valence-corrected chi connectivity index (χ2v) is 7.65. The first-order valence-electron chi connectivity index (χ1n) is 10.2. The molecule has 0 bridgehead atoms. The number of nitrogens with zero attached hydrogens (tertiary/aromatic N) is 2. The smallest absolute Gasteiger partial charge is 0.253 e. The lowest BCUT2D eigenvalue weighted by Crippen LogP contribution is -2.46. The molecule has 2 aromatic carbocycles. The summed E-state index contributed by atoms with van der Waals surface area (Å²) in [7, 11) is 0. The van der Waals surface area contributed by atoms with Crippen LogP contribution in [0.25, 0.3) is 11.1 Å². The molecule has 0 radical (unpaired) electrons. The molecule has 4 heteroatoms. The molecular weight excluding hydrogens is 334 g/mol. The molecule has 2 aliphatic rings. The summed E-state index contributed by atoms with van der Waals surface area (Å²) in [6, 6.07) is 16.9. The molecule has 0 unspecified atom stereocenters. The number of piperazine rings is 1. The van der Waals surface area contributed by atoms with Crippen molar-refractivity contribution in [3.05, 3.63) is 59.7 Å². The third-order valence-electron chi connectivity index (χ3n) is 5.68. The fourth-order valence-corrected chi connectivity index (χ4v) is 4.03. The van der Waals surface area contributed by atoms with Crippen LogP contribution in [0.5, 0.6) is 0 Å². The molecule has 2 aliphatic heterocycles. The van der Waals surface area contributed by atoms with Gasteiger partial charge in [-0.1, -0.05) is 42.8 Å². The summed E-state index contributed by atoms with van der Waals surface area (Å²) < 4.78 is 0. The molecule has 0 saturated carbocycles. The van der Waals surface area contributed by atoms with E-state index in [-0.39, 0.29) is 5.91 Å². The minimum Gasteiger partial charge on any atom is -0.336 e. The monoisotopic (exact) mass is 363 g/mol. The van der Waals surface area contributed by atoms with E-state index in [0.29, 0.717) is 0 Å². The predicted octanol–water partition coefficient (Wildman–Crippen LogP) is 3.38. The number of hydrogen-bond acceptors (Lipinski definition) is 3. The van der Waals surface area contributed by atoms with Gasteiger partial charge in [0.15, 0.2) is 0 Å². The van der Waals surface area contributed by atoms with Gasteiger partial charge in [0.1, 0.15) is 0 Å². The second kappa shape index (κ2) is 8.68. The van der Waals surface area contributed by atoms with E-state index in [1.165, 1.54) is 43.5 Å². The summed E-state index contributed by atoms with van der Waals surface area (Å²) in [4.78, 5) is 17.1. The zero-order chi connectivity index (χ0) is 18.5. The minimum atomic E-state index is 0.139. The maximum absolute atomic E-state index is 12.6. The van der Waals surface area contributed by atoms with E-state index in [1.807, 2.05) is 17.0 Å². The Balaban J connectivity index is 1.40. The number of rotatable bonds is 4. The van der Waals surface area contributed by atoms with E-state index in [1.54, 1.807) is 0 Å². The molecule has 142 valence electrons. The molecule has 0 atom stereocenters. The van der Waals surface area contributed by atoms with Crippen LogP contribution in [0.3, 0.4) is 0 Å². The van der Waals surface area contributed by atoms with E-state index in [2.05, 4.69) is 46.6 Å². The number of benzene rings is 2. The van der Waals surface area contributed by atoms with Crippen LogP contribution < -0.4 is 5.32 Å². The van der Waals surface area contributed by atoms with Crippen molar-refractivity contribution < 1.29 is 4.79 Å². The third-order valence-corrected chi connectivity index (χ3v) is 5.68. The largest absolute Gasteiger partial charge is 0.336 e. The first-order chi connectivity index (χ1) is 13.3. The maximum Gasteiger partial charge on any atom is 0.253 e. The van der Waals surface area contributed by atoms with Crippen molar-refractivity contribution in [3.8, 4) is 11.1 Å². The topological polar surface area (TPSA) is 35.6 Å². The Morgan fingerprint density at radius 1 is 0.778 bits per heavy atom. The average Bonchev–Trinajstić information content (AvgIpc) is 2.75. The highest BCUT2D eigenvalue weighted by molar-refractivity contribution is 5.94. The lowest BCUT2D eigenvalue weighted by Gasteiger charge is -2.27. The van der Waals surface area contributed by atoms with Gasteiger partial charge < -0.3 is 10.2 Å². The molecule has 4 nitrogen and oxygen atoms in total. The molecule has 2 saturated heterocycles. The van der Waals surface area contributed by atoms with Gasteiger partial charge in [-0.15, -0.1) is 0 Å². The molecule has 1 amide bonds. The average molecular weight is 364 g/mol. The molecule has 0 aliphatic carbocycles. The van der Waals surface area contributed by atoms with Crippen LogP contribution in [0.15, 0.2) is 48.5 Å². The second-order valence-electron chi connectivity index (χ2n) is 7.65. The van der Waals surface area contributed by atoms with Gasteiger partial charge in [-0.2, -0.15) is 0 Å². The lowest BCUT2D eigenvalue weighted by molar-refractivity contribution is 0.0736. The first kappa shape index (κ1) is 18.2. The Bertz CT molecular complexity index is 742. The number of piperidine rings is 1.